The Labute approximate surface area is 199 Å². The van der Waals surface area contributed by atoms with Crippen LogP contribution in [0.4, 0.5) is 5.69 Å². The van der Waals surface area contributed by atoms with Gasteiger partial charge in [0.15, 0.2) is 6.10 Å². The highest BCUT2D eigenvalue weighted by Crippen LogP contribution is 2.34. The van der Waals surface area contributed by atoms with E-state index in [1.165, 1.54) is 24.3 Å². The molecular weight excluding hydrogens is 460 g/mol. The lowest BCUT2D eigenvalue weighted by Gasteiger charge is -2.31. The molecule has 0 saturated carbocycles. The average Bonchev–Trinajstić information content (AvgIpc) is 2.92. The highest BCUT2D eigenvalue weighted by atomic mass is 35.5. The summed E-state index contributed by atoms with van der Waals surface area (Å²) in [6.07, 6.45) is 0.0846. The predicted octanol–water partition coefficient (Wildman–Crippen LogP) is 5.40. The number of anilines is 1. The van der Waals surface area contributed by atoms with Gasteiger partial charge in [0.05, 0.1) is 17.5 Å². The number of amides is 1. The molecule has 3 aromatic carbocycles. The maximum atomic E-state index is 13.2. The third kappa shape index (κ3) is 4.99. The number of carbonyl (C=O) groups is 1. The van der Waals surface area contributed by atoms with Crippen molar-refractivity contribution in [2.45, 2.75) is 43.9 Å². The number of nitrogens with zero attached hydrogens (tertiary/aromatic N) is 1. The Balaban J connectivity index is 1.66. The van der Waals surface area contributed by atoms with Gasteiger partial charge in [-0.1, -0.05) is 48.9 Å². The normalized spacial score (nSPS) is 17.0. The second-order valence-corrected chi connectivity index (χ2v) is 10.1. The van der Waals surface area contributed by atoms with E-state index in [0.717, 1.165) is 17.5 Å². The summed E-state index contributed by atoms with van der Waals surface area (Å²) in [6.45, 7) is 4.08. The highest BCUT2D eigenvalue weighted by Gasteiger charge is 2.33. The van der Waals surface area contributed by atoms with E-state index in [1.807, 2.05) is 42.2 Å². The summed E-state index contributed by atoms with van der Waals surface area (Å²) in [5, 5.41) is 0.457. The molecule has 1 heterocycles. The van der Waals surface area contributed by atoms with Crippen molar-refractivity contribution in [3.63, 3.8) is 0 Å². The first-order valence-corrected chi connectivity index (χ1v) is 12.6. The zero-order valence-electron chi connectivity index (χ0n) is 18.4. The molecule has 0 fully saturated rings. The quantitative estimate of drug-likeness (QED) is 0.508. The van der Waals surface area contributed by atoms with Crippen LogP contribution in [0.2, 0.25) is 5.02 Å². The number of rotatable bonds is 6. The third-order valence-corrected chi connectivity index (χ3v) is 7.31. The molecule has 0 spiro atoms. The minimum atomic E-state index is -3.79. The zero-order valence-corrected chi connectivity index (χ0v) is 19.9. The predicted molar refractivity (Wildman–Crippen MR) is 129 cm³/mol. The first kappa shape index (κ1) is 23.1. The van der Waals surface area contributed by atoms with Gasteiger partial charge in [0.2, 0.25) is 0 Å². The van der Waals surface area contributed by atoms with E-state index in [1.54, 1.807) is 25.1 Å². The van der Waals surface area contributed by atoms with Crippen LogP contribution in [0.25, 0.3) is 0 Å². The lowest BCUT2D eigenvalue weighted by molar-refractivity contribution is -0.140. The monoisotopic (exact) mass is 484 g/mol. The van der Waals surface area contributed by atoms with Crippen molar-refractivity contribution < 1.29 is 17.9 Å². The van der Waals surface area contributed by atoms with Crippen LogP contribution >= 0.6 is 11.6 Å². The summed E-state index contributed by atoms with van der Waals surface area (Å²) in [5.74, 6) is 0.459. The largest absolute Gasteiger partial charge is 0.481 e. The second-order valence-electron chi connectivity index (χ2n) is 7.94. The number of benzene rings is 3. The molecule has 0 aromatic heterocycles. The molecule has 1 N–H and O–H groups in total. The van der Waals surface area contributed by atoms with Crippen LogP contribution in [0.5, 0.6) is 5.75 Å². The van der Waals surface area contributed by atoms with Crippen LogP contribution < -0.4 is 9.46 Å². The minimum Gasteiger partial charge on any atom is -0.481 e. The van der Waals surface area contributed by atoms with Crippen molar-refractivity contribution in [3.05, 3.63) is 88.9 Å². The number of sulfonamides is 1. The number of fused-ring (bicyclic) bond motifs is 1. The van der Waals surface area contributed by atoms with Crippen molar-refractivity contribution in [2.24, 2.45) is 0 Å². The number of hydrogen-bond acceptors (Lipinski definition) is 4. The molecule has 4 rings (SSSR count). The molecule has 1 aliphatic heterocycles. The lowest BCUT2D eigenvalue weighted by atomic mass is 10.0. The van der Waals surface area contributed by atoms with Crippen LogP contribution in [0, 0.1) is 0 Å². The summed E-state index contributed by atoms with van der Waals surface area (Å²) < 4.78 is 34.2. The Morgan fingerprint density at radius 2 is 1.79 bits per heavy atom. The van der Waals surface area contributed by atoms with E-state index in [0.29, 0.717) is 23.0 Å². The maximum Gasteiger partial charge on any atom is 0.264 e. The Morgan fingerprint density at radius 1 is 1.09 bits per heavy atom. The van der Waals surface area contributed by atoms with Gasteiger partial charge in [-0.15, -0.1) is 0 Å². The molecule has 2 atom stereocenters. The SMILES string of the molecule is CCC(c1ccccc1)N1Cc2cc(NS(=O)(=O)c3ccc(Cl)cc3)ccc2OC(C)C1=O. The topological polar surface area (TPSA) is 75.7 Å². The lowest BCUT2D eigenvalue weighted by Crippen LogP contribution is -2.40. The Kier molecular flexibility index (Phi) is 6.63. The Morgan fingerprint density at radius 3 is 2.45 bits per heavy atom. The minimum absolute atomic E-state index is 0.106. The van der Waals surface area contributed by atoms with E-state index in [-0.39, 0.29) is 16.8 Å². The molecule has 1 amide bonds. The van der Waals surface area contributed by atoms with Crippen molar-refractivity contribution in [3.8, 4) is 5.75 Å². The summed E-state index contributed by atoms with van der Waals surface area (Å²) >= 11 is 5.87. The summed E-state index contributed by atoms with van der Waals surface area (Å²) in [5.41, 5.74) is 2.17. The zero-order chi connectivity index (χ0) is 23.6. The molecule has 3 aromatic rings. The number of nitrogens with one attached hydrogen (secondary N) is 1. The molecule has 6 nitrogen and oxygen atoms in total. The fourth-order valence-electron chi connectivity index (χ4n) is 4.02. The van der Waals surface area contributed by atoms with E-state index < -0.39 is 16.1 Å². The number of ether oxygens (including phenoxy) is 1. The smallest absolute Gasteiger partial charge is 0.264 e. The average molecular weight is 485 g/mol. The van der Waals surface area contributed by atoms with Gasteiger partial charge in [-0.2, -0.15) is 0 Å². The summed E-state index contributed by atoms with van der Waals surface area (Å²) in [6, 6.07) is 20.8. The molecule has 8 heteroatoms. The van der Waals surface area contributed by atoms with Gasteiger partial charge >= 0.3 is 0 Å². The van der Waals surface area contributed by atoms with Gasteiger partial charge in [0.25, 0.3) is 15.9 Å². The van der Waals surface area contributed by atoms with Crippen LogP contribution in [0.15, 0.2) is 77.7 Å². The standard InChI is InChI=1S/C25H25ClN2O4S/c1-3-23(18-7-5-4-6-8-18)28-16-19-15-21(11-14-24(19)32-17(2)25(28)29)27-33(30,31)22-12-9-20(26)10-13-22/h4-15,17,23,27H,3,16H2,1-2H3. The van der Waals surface area contributed by atoms with Gasteiger partial charge in [-0.25, -0.2) is 8.42 Å². The van der Waals surface area contributed by atoms with Crippen LogP contribution in [-0.4, -0.2) is 25.3 Å². The van der Waals surface area contributed by atoms with Gasteiger partial charge in [-0.3, -0.25) is 9.52 Å². The van der Waals surface area contributed by atoms with Crippen molar-refractivity contribution in [1.82, 2.24) is 4.90 Å². The second kappa shape index (κ2) is 9.45. The molecule has 33 heavy (non-hydrogen) atoms. The number of halogens is 1. The maximum absolute atomic E-state index is 13.2. The molecule has 2 unspecified atom stereocenters. The molecule has 172 valence electrons. The molecule has 1 aliphatic rings. The van der Waals surface area contributed by atoms with Gasteiger partial charge in [-0.05, 0) is 61.4 Å². The van der Waals surface area contributed by atoms with Crippen molar-refractivity contribution in [1.29, 1.82) is 0 Å². The first-order valence-electron chi connectivity index (χ1n) is 10.7. The van der Waals surface area contributed by atoms with Crippen LogP contribution in [0.1, 0.15) is 37.4 Å². The van der Waals surface area contributed by atoms with Crippen molar-refractivity contribution in [2.75, 3.05) is 4.72 Å². The molecule has 0 bridgehead atoms. The third-order valence-electron chi connectivity index (χ3n) is 5.66. The molecular formula is C25H25ClN2O4S. The van der Waals surface area contributed by atoms with Crippen molar-refractivity contribution >= 4 is 33.2 Å². The number of carbonyl (C=O) groups excluding carboxylic acids is 1. The highest BCUT2D eigenvalue weighted by molar-refractivity contribution is 7.92. The molecule has 0 aliphatic carbocycles. The summed E-state index contributed by atoms with van der Waals surface area (Å²) in [7, 11) is -3.79. The first-order chi connectivity index (χ1) is 15.8. The number of hydrogen-bond donors (Lipinski definition) is 1. The Bertz CT molecular complexity index is 1250. The van der Waals surface area contributed by atoms with Gasteiger partial charge in [0, 0.05) is 16.3 Å². The van der Waals surface area contributed by atoms with E-state index in [2.05, 4.69) is 4.72 Å². The van der Waals surface area contributed by atoms with Gasteiger partial charge < -0.3 is 9.64 Å². The van der Waals surface area contributed by atoms with Crippen LogP contribution in [0.3, 0.4) is 0 Å². The van der Waals surface area contributed by atoms with E-state index >= 15 is 0 Å². The fraction of sp³-hybridized carbons (Fsp3) is 0.240. The Hall–Kier alpha value is -3.03. The molecule has 0 saturated heterocycles. The van der Waals surface area contributed by atoms with E-state index in [4.69, 9.17) is 16.3 Å². The van der Waals surface area contributed by atoms with Gasteiger partial charge in [0.1, 0.15) is 5.75 Å². The summed E-state index contributed by atoms with van der Waals surface area (Å²) in [4.78, 5) is 15.1. The van der Waals surface area contributed by atoms with E-state index in [9.17, 15) is 13.2 Å². The van der Waals surface area contributed by atoms with Crippen LogP contribution in [-0.2, 0) is 21.4 Å². The molecule has 0 radical (unpaired) electrons. The fourth-order valence-corrected chi connectivity index (χ4v) is 5.20.